The monoisotopic (exact) mass is 358 g/mol. The van der Waals surface area contributed by atoms with Crippen molar-refractivity contribution in [1.82, 2.24) is 5.32 Å². The summed E-state index contributed by atoms with van der Waals surface area (Å²) in [5.74, 6) is 0.0281. The van der Waals surface area contributed by atoms with Crippen molar-refractivity contribution in [2.24, 2.45) is 0 Å². The van der Waals surface area contributed by atoms with Gasteiger partial charge in [-0.15, -0.1) is 0 Å². The summed E-state index contributed by atoms with van der Waals surface area (Å²) in [5.41, 5.74) is 1.97. The Balaban J connectivity index is 2.03. The van der Waals surface area contributed by atoms with Gasteiger partial charge in [-0.1, -0.05) is 64.7 Å². The molecule has 26 heavy (non-hydrogen) atoms. The van der Waals surface area contributed by atoms with Crippen molar-refractivity contribution in [1.29, 1.82) is 0 Å². The van der Waals surface area contributed by atoms with E-state index in [1.54, 1.807) is 11.8 Å². The molecule has 1 fully saturated rings. The zero-order valence-electron chi connectivity index (χ0n) is 16.8. The molecule has 0 bridgehead atoms. The number of anilines is 1. The molecule has 0 unspecified atom stereocenters. The van der Waals surface area contributed by atoms with Crippen molar-refractivity contribution in [2.45, 2.75) is 84.1 Å². The lowest BCUT2D eigenvalue weighted by molar-refractivity contribution is -0.121. The number of nitrogens with one attached hydrogen (secondary N) is 1. The number of rotatable bonds is 5. The smallest absolute Gasteiger partial charge is 0.223 e. The fourth-order valence-corrected chi connectivity index (χ4v) is 3.73. The van der Waals surface area contributed by atoms with Crippen LogP contribution in [0.15, 0.2) is 24.3 Å². The van der Waals surface area contributed by atoms with Gasteiger partial charge in [-0.05, 0) is 29.9 Å². The fourth-order valence-electron chi connectivity index (χ4n) is 3.73. The van der Waals surface area contributed by atoms with E-state index >= 15 is 0 Å². The molecule has 1 saturated carbocycles. The van der Waals surface area contributed by atoms with Crippen molar-refractivity contribution in [3.63, 3.8) is 0 Å². The Morgan fingerprint density at radius 1 is 1.08 bits per heavy atom. The highest BCUT2D eigenvalue weighted by Crippen LogP contribution is 2.32. The third-order valence-electron chi connectivity index (χ3n) is 5.17. The molecule has 0 saturated heterocycles. The van der Waals surface area contributed by atoms with E-state index in [-0.39, 0.29) is 17.2 Å². The zero-order chi connectivity index (χ0) is 19.2. The minimum Gasteiger partial charge on any atom is -0.353 e. The van der Waals surface area contributed by atoms with Gasteiger partial charge in [-0.2, -0.15) is 0 Å². The second kappa shape index (κ2) is 9.20. The summed E-state index contributed by atoms with van der Waals surface area (Å²) in [7, 11) is 0. The standard InChI is InChI=1S/C22H34N2O2/c1-17(25)24(20-14-10-9-13-19(20)22(2,3)4)16-15-21(26)23-18-11-7-5-6-8-12-18/h9-10,13-14,18H,5-8,11-12,15-16H2,1-4H3,(H,23,26). The van der Waals surface area contributed by atoms with Gasteiger partial charge in [0, 0.05) is 31.6 Å². The lowest BCUT2D eigenvalue weighted by atomic mass is 9.85. The van der Waals surface area contributed by atoms with Crippen molar-refractivity contribution in [3.8, 4) is 0 Å². The average molecular weight is 359 g/mol. The van der Waals surface area contributed by atoms with Gasteiger partial charge in [0.1, 0.15) is 0 Å². The molecule has 0 atom stereocenters. The fraction of sp³-hybridized carbons (Fsp3) is 0.636. The van der Waals surface area contributed by atoms with Gasteiger partial charge in [-0.3, -0.25) is 9.59 Å². The second-order valence-electron chi connectivity index (χ2n) is 8.44. The van der Waals surface area contributed by atoms with Crippen LogP contribution in [0.5, 0.6) is 0 Å². The van der Waals surface area contributed by atoms with Crippen LogP contribution in [-0.2, 0) is 15.0 Å². The van der Waals surface area contributed by atoms with E-state index in [1.165, 1.54) is 25.7 Å². The van der Waals surface area contributed by atoms with Gasteiger partial charge >= 0.3 is 0 Å². The van der Waals surface area contributed by atoms with Crippen LogP contribution >= 0.6 is 0 Å². The molecule has 4 nitrogen and oxygen atoms in total. The number of para-hydroxylation sites is 1. The van der Waals surface area contributed by atoms with E-state index in [4.69, 9.17) is 0 Å². The largest absolute Gasteiger partial charge is 0.353 e. The third-order valence-corrected chi connectivity index (χ3v) is 5.17. The van der Waals surface area contributed by atoms with E-state index in [0.29, 0.717) is 19.0 Å². The molecule has 144 valence electrons. The van der Waals surface area contributed by atoms with Crippen LogP contribution in [0.3, 0.4) is 0 Å². The van der Waals surface area contributed by atoms with Crippen molar-refractivity contribution in [3.05, 3.63) is 29.8 Å². The van der Waals surface area contributed by atoms with Crippen LogP contribution in [0.25, 0.3) is 0 Å². The summed E-state index contributed by atoms with van der Waals surface area (Å²) in [4.78, 5) is 26.4. The molecule has 1 N–H and O–H groups in total. The van der Waals surface area contributed by atoms with Crippen LogP contribution in [0, 0.1) is 0 Å². The van der Waals surface area contributed by atoms with Crippen LogP contribution in [0.2, 0.25) is 0 Å². The first-order chi connectivity index (χ1) is 12.3. The topological polar surface area (TPSA) is 49.4 Å². The van der Waals surface area contributed by atoms with Gasteiger partial charge in [0.15, 0.2) is 0 Å². The van der Waals surface area contributed by atoms with Crippen molar-refractivity contribution < 1.29 is 9.59 Å². The SMILES string of the molecule is CC(=O)N(CCC(=O)NC1CCCCCC1)c1ccccc1C(C)(C)C. The Morgan fingerprint density at radius 2 is 1.69 bits per heavy atom. The van der Waals surface area contributed by atoms with E-state index in [0.717, 1.165) is 24.1 Å². The second-order valence-corrected chi connectivity index (χ2v) is 8.44. The molecule has 0 aromatic heterocycles. The highest BCUT2D eigenvalue weighted by Gasteiger charge is 2.23. The van der Waals surface area contributed by atoms with Gasteiger partial charge in [0.05, 0.1) is 0 Å². The molecule has 1 aromatic carbocycles. The van der Waals surface area contributed by atoms with E-state index in [2.05, 4.69) is 32.2 Å². The van der Waals surface area contributed by atoms with Gasteiger partial charge < -0.3 is 10.2 Å². The van der Waals surface area contributed by atoms with Crippen molar-refractivity contribution >= 4 is 17.5 Å². The molecule has 0 spiro atoms. The van der Waals surface area contributed by atoms with Gasteiger partial charge in [0.25, 0.3) is 0 Å². The van der Waals surface area contributed by atoms with E-state index in [9.17, 15) is 9.59 Å². The Hall–Kier alpha value is -1.84. The summed E-state index contributed by atoms with van der Waals surface area (Å²) in [6.45, 7) is 8.42. The maximum absolute atomic E-state index is 12.4. The predicted molar refractivity (Wildman–Crippen MR) is 107 cm³/mol. The number of amides is 2. The molecule has 1 aromatic rings. The summed E-state index contributed by atoms with van der Waals surface area (Å²) in [6.07, 6.45) is 7.44. The Bertz CT molecular complexity index is 611. The molecule has 2 rings (SSSR count). The molecule has 4 heteroatoms. The van der Waals surface area contributed by atoms with E-state index in [1.807, 2.05) is 18.2 Å². The summed E-state index contributed by atoms with van der Waals surface area (Å²) < 4.78 is 0. The maximum atomic E-state index is 12.4. The average Bonchev–Trinajstić information content (AvgIpc) is 2.83. The number of hydrogen-bond acceptors (Lipinski definition) is 2. The number of carbonyl (C=O) groups is 2. The summed E-state index contributed by atoms with van der Waals surface area (Å²) >= 11 is 0. The van der Waals surface area contributed by atoms with Crippen LogP contribution in [0.4, 0.5) is 5.69 Å². The lowest BCUT2D eigenvalue weighted by Gasteiger charge is -2.29. The first kappa shape index (κ1) is 20.5. The van der Waals surface area contributed by atoms with Crippen LogP contribution < -0.4 is 10.2 Å². The maximum Gasteiger partial charge on any atom is 0.223 e. The number of nitrogens with zero attached hydrogens (tertiary/aromatic N) is 1. The number of carbonyl (C=O) groups excluding carboxylic acids is 2. The van der Waals surface area contributed by atoms with Crippen LogP contribution in [-0.4, -0.2) is 24.4 Å². The predicted octanol–water partition coefficient (Wildman–Crippen LogP) is 4.57. The first-order valence-corrected chi connectivity index (χ1v) is 9.96. The molecule has 2 amide bonds. The minimum absolute atomic E-state index is 0.0241. The van der Waals surface area contributed by atoms with Crippen LogP contribution in [0.1, 0.15) is 78.2 Å². The number of benzene rings is 1. The molecule has 0 radical (unpaired) electrons. The normalized spacial score (nSPS) is 16.0. The minimum atomic E-state index is -0.0626. The quantitative estimate of drug-likeness (QED) is 0.784. The Labute approximate surface area is 158 Å². The lowest BCUT2D eigenvalue weighted by Crippen LogP contribution is -2.38. The summed E-state index contributed by atoms with van der Waals surface area (Å²) in [5, 5.41) is 3.17. The van der Waals surface area contributed by atoms with Crippen molar-refractivity contribution in [2.75, 3.05) is 11.4 Å². The molecular formula is C22H34N2O2. The summed E-state index contributed by atoms with van der Waals surface area (Å²) in [6, 6.07) is 8.30. The molecule has 0 aliphatic heterocycles. The number of hydrogen-bond donors (Lipinski definition) is 1. The molecule has 1 aliphatic carbocycles. The molecule has 0 heterocycles. The van der Waals surface area contributed by atoms with Gasteiger partial charge in [0.2, 0.25) is 11.8 Å². The van der Waals surface area contributed by atoms with Gasteiger partial charge in [-0.25, -0.2) is 0 Å². The van der Waals surface area contributed by atoms with E-state index < -0.39 is 0 Å². The Kier molecular flexibility index (Phi) is 7.24. The molecular weight excluding hydrogens is 324 g/mol. The highest BCUT2D eigenvalue weighted by molar-refractivity contribution is 5.93. The zero-order valence-corrected chi connectivity index (χ0v) is 16.8. The Morgan fingerprint density at radius 3 is 2.27 bits per heavy atom. The highest BCUT2D eigenvalue weighted by atomic mass is 16.2. The third kappa shape index (κ3) is 5.86. The first-order valence-electron chi connectivity index (χ1n) is 9.96. The molecule has 1 aliphatic rings.